The Balaban J connectivity index is 1.38. The molecule has 3 rings (SSSR count). The zero-order chi connectivity index (χ0) is 20.5. The smallest absolute Gasteiger partial charge is 0.251 e. The number of methoxy groups -OCH3 is 1. The standard InChI is InChI=1S/C20H28N6O3/c1-21-20(26-11-9-25(10-12-26)15-17-6-13-29-24-17)23-8-7-22-19(27)16-4-3-5-18(14-16)28-2/h3-6,13-14H,7-12,15H2,1-2H3,(H,21,23)(H,22,27). The van der Waals surface area contributed by atoms with Gasteiger partial charge in [-0.3, -0.25) is 14.7 Å². The number of carbonyl (C=O) groups excluding carboxylic acids is 1. The lowest BCUT2D eigenvalue weighted by Gasteiger charge is -2.36. The lowest BCUT2D eigenvalue weighted by molar-refractivity contribution is 0.0954. The van der Waals surface area contributed by atoms with E-state index in [1.54, 1.807) is 38.6 Å². The molecular formula is C20H28N6O3. The molecule has 0 aliphatic carbocycles. The van der Waals surface area contributed by atoms with Gasteiger partial charge in [0.1, 0.15) is 12.0 Å². The average molecular weight is 400 g/mol. The Kier molecular flexibility index (Phi) is 7.46. The summed E-state index contributed by atoms with van der Waals surface area (Å²) in [6, 6.07) is 9.00. The van der Waals surface area contributed by atoms with Gasteiger partial charge in [-0.25, -0.2) is 0 Å². The van der Waals surface area contributed by atoms with E-state index in [4.69, 9.17) is 9.26 Å². The third-order valence-corrected chi connectivity index (χ3v) is 4.79. The molecule has 1 saturated heterocycles. The van der Waals surface area contributed by atoms with E-state index in [0.29, 0.717) is 24.4 Å². The van der Waals surface area contributed by atoms with Gasteiger partial charge in [-0.15, -0.1) is 0 Å². The summed E-state index contributed by atoms with van der Waals surface area (Å²) in [7, 11) is 3.36. The number of guanidine groups is 1. The maximum atomic E-state index is 12.2. The monoisotopic (exact) mass is 400 g/mol. The van der Waals surface area contributed by atoms with E-state index >= 15 is 0 Å². The SMILES string of the molecule is CN=C(NCCNC(=O)c1cccc(OC)c1)N1CCN(Cc2ccon2)CC1. The normalized spacial score (nSPS) is 15.2. The highest BCUT2D eigenvalue weighted by Gasteiger charge is 2.20. The molecule has 1 aliphatic rings. The van der Waals surface area contributed by atoms with Crippen LogP contribution in [0, 0.1) is 0 Å². The van der Waals surface area contributed by atoms with Crippen molar-refractivity contribution in [1.82, 2.24) is 25.6 Å². The largest absolute Gasteiger partial charge is 0.497 e. The number of piperazine rings is 1. The Morgan fingerprint density at radius 3 is 2.69 bits per heavy atom. The predicted octanol–water partition coefficient (Wildman–Crippen LogP) is 0.806. The third kappa shape index (κ3) is 5.95. The van der Waals surface area contributed by atoms with Crippen LogP contribution in [0.3, 0.4) is 0 Å². The Bertz CT molecular complexity index is 800. The van der Waals surface area contributed by atoms with Crippen molar-refractivity contribution in [2.24, 2.45) is 4.99 Å². The summed E-state index contributed by atoms with van der Waals surface area (Å²) in [6.07, 6.45) is 1.60. The molecule has 0 spiro atoms. The maximum absolute atomic E-state index is 12.2. The number of aliphatic imine (C=N–C) groups is 1. The lowest BCUT2D eigenvalue weighted by Crippen LogP contribution is -2.53. The van der Waals surface area contributed by atoms with Gasteiger partial charge in [0.25, 0.3) is 5.91 Å². The average Bonchev–Trinajstić information content (AvgIpc) is 3.27. The molecular weight excluding hydrogens is 372 g/mol. The molecule has 2 N–H and O–H groups in total. The number of carbonyl (C=O) groups is 1. The minimum Gasteiger partial charge on any atom is -0.497 e. The molecule has 1 fully saturated rings. The Morgan fingerprint density at radius 1 is 1.21 bits per heavy atom. The van der Waals surface area contributed by atoms with Gasteiger partial charge in [-0.05, 0) is 18.2 Å². The fourth-order valence-corrected chi connectivity index (χ4v) is 3.21. The van der Waals surface area contributed by atoms with Gasteiger partial charge in [0, 0.05) is 64.5 Å². The Morgan fingerprint density at radius 2 is 2.00 bits per heavy atom. The van der Waals surface area contributed by atoms with Gasteiger partial charge in [0.15, 0.2) is 5.96 Å². The van der Waals surface area contributed by atoms with Crippen LogP contribution in [-0.2, 0) is 6.54 Å². The summed E-state index contributed by atoms with van der Waals surface area (Å²) in [6.45, 7) is 5.52. The highest BCUT2D eigenvalue weighted by Crippen LogP contribution is 2.12. The van der Waals surface area contributed by atoms with Crippen molar-refractivity contribution < 1.29 is 14.1 Å². The quantitative estimate of drug-likeness (QED) is 0.403. The van der Waals surface area contributed by atoms with Crippen LogP contribution in [0.1, 0.15) is 16.1 Å². The molecule has 0 atom stereocenters. The highest BCUT2D eigenvalue weighted by atomic mass is 16.5. The van der Waals surface area contributed by atoms with Gasteiger partial charge in [-0.1, -0.05) is 11.2 Å². The van der Waals surface area contributed by atoms with Crippen molar-refractivity contribution in [2.75, 3.05) is 53.4 Å². The van der Waals surface area contributed by atoms with E-state index < -0.39 is 0 Å². The first-order valence-corrected chi connectivity index (χ1v) is 9.69. The van der Waals surface area contributed by atoms with E-state index in [2.05, 4.69) is 30.6 Å². The van der Waals surface area contributed by atoms with E-state index in [-0.39, 0.29) is 5.91 Å². The molecule has 9 heteroatoms. The van der Waals surface area contributed by atoms with Gasteiger partial charge < -0.3 is 24.8 Å². The van der Waals surface area contributed by atoms with Crippen molar-refractivity contribution in [3.8, 4) is 5.75 Å². The molecule has 1 aliphatic heterocycles. The van der Waals surface area contributed by atoms with Gasteiger partial charge in [0.2, 0.25) is 0 Å². The molecule has 0 radical (unpaired) electrons. The molecule has 0 unspecified atom stereocenters. The fourth-order valence-electron chi connectivity index (χ4n) is 3.21. The Hall–Kier alpha value is -3.07. The third-order valence-electron chi connectivity index (χ3n) is 4.79. The molecule has 0 bridgehead atoms. The van der Waals surface area contributed by atoms with Crippen molar-refractivity contribution in [3.05, 3.63) is 47.9 Å². The summed E-state index contributed by atoms with van der Waals surface area (Å²) >= 11 is 0. The second-order valence-electron chi connectivity index (χ2n) is 6.72. The minimum absolute atomic E-state index is 0.123. The molecule has 1 aromatic heterocycles. The van der Waals surface area contributed by atoms with Crippen molar-refractivity contribution >= 4 is 11.9 Å². The second-order valence-corrected chi connectivity index (χ2v) is 6.72. The van der Waals surface area contributed by atoms with Crippen LogP contribution in [0.2, 0.25) is 0 Å². The van der Waals surface area contributed by atoms with E-state index in [1.165, 1.54) is 0 Å². The van der Waals surface area contributed by atoms with Crippen LogP contribution >= 0.6 is 0 Å². The fraction of sp³-hybridized carbons (Fsp3) is 0.450. The van der Waals surface area contributed by atoms with Crippen LogP contribution in [-0.4, -0.2) is 80.2 Å². The summed E-state index contributed by atoms with van der Waals surface area (Å²) in [5.74, 6) is 1.39. The first kappa shape index (κ1) is 20.7. The number of hydrogen-bond donors (Lipinski definition) is 2. The molecule has 156 valence electrons. The van der Waals surface area contributed by atoms with E-state index in [9.17, 15) is 4.79 Å². The number of rotatable bonds is 7. The zero-order valence-corrected chi connectivity index (χ0v) is 16.9. The number of ether oxygens (including phenoxy) is 1. The minimum atomic E-state index is -0.123. The number of aromatic nitrogens is 1. The summed E-state index contributed by atoms with van der Waals surface area (Å²) < 4.78 is 10.0. The van der Waals surface area contributed by atoms with Crippen molar-refractivity contribution in [2.45, 2.75) is 6.54 Å². The number of amides is 1. The molecule has 1 aromatic carbocycles. The number of nitrogens with one attached hydrogen (secondary N) is 2. The molecule has 29 heavy (non-hydrogen) atoms. The van der Waals surface area contributed by atoms with Crippen LogP contribution in [0.4, 0.5) is 0 Å². The topological polar surface area (TPSA) is 95.2 Å². The first-order valence-electron chi connectivity index (χ1n) is 9.69. The van der Waals surface area contributed by atoms with Gasteiger partial charge in [0.05, 0.1) is 12.8 Å². The zero-order valence-electron chi connectivity index (χ0n) is 16.9. The van der Waals surface area contributed by atoms with E-state index in [0.717, 1.165) is 44.4 Å². The van der Waals surface area contributed by atoms with Crippen molar-refractivity contribution in [3.63, 3.8) is 0 Å². The lowest BCUT2D eigenvalue weighted by atomic mass is 10.2. The number of hydrogen-bond acceptors (Lipinski definition) is 6. The Labute approximate surface area is 170 Å². The van der Waals surface area contributed by atoms with Gasteiger partial charge >= 0.3 is 0 Å². The van der Waals surface area contributed by atoms with Crippen LogP contribution in [0.5, 0.6) is 5.75 Å². The van der Waals surface area contributed by atoms with Gasteiger partial charge in [-0.2, -0.15) is 0 Å². The second kappa shape index (κ2) is 10.5. The number of benzene rings is 1. The van der Waals surface area contributed by atoms with Crippen LogP contribution < -0.4 is 15.4 Å². The maximum Gasteiger partial charge on any atom is 0.251 e. The van der Waals surface area contributed by atoms with Crippen LogP contribution in [0.15, 0.2) is 46.1 Å². The highest BCUT2D eigenvalue weighted by molar-refractivity contribution is 5.94. The predicted molar refractivity (Wildman–Crippen MR) is 110 cm³/mol. The van der Waals surface area contributed by atoms with Crippen molar-refractivity contribution in [1.29, 1.82) is 0 Å². The molecule has 1 amide bonds. The molecule has 2 aromatic rings. The molecule has 2 heterocycles. The number of nitrogens with zero attached hydrogens (tertiary/aromatic N) is 4. The first-order chi connectivity index (χ1) is 14.2. The molecule has 0 saturated carbocycles. The van der Waals surface area contributed by atoms with Crippen LogP contribution in [0.25, 0.3) is 0 Å². The summed E-state index contributed by atoms with van der Waals surface area (Å²) in [5.41, 5.74) is 1.53. The summed E-state index contributed by atoms with van der Waals surface area (Å²) in [5, 5.41) is 10.2. The van der Waals surface area contributed by atoms with E-state index in [1.807, 2.05) is 12.1 Å². The molecule has 9 nitrogen and oxygen atoms in total. The summed E-state index contributed by atoms with van der Waals surface area (Å²) in [4.78, 5) is 21.2.